The lowest BCUT2D eigenvalue weighted by atomic mass is 9.76. The van der Waals surface area contributed by atoms with Gasteiger partial charge in [0.05, 0.1) is 0 Å². The third-order valence-corrected chi connectivity index (χ3v) is 3.99. The van der Waals surface area contributed by atoms with Gasteiger partial charge in [-0.15, -0.1) is 0 Å². The fraction of sp³-hybridized carbons (Fsp3) is 1.00. The maximum absolute atomic E-state index is 3.63. The molecular weight excluding hydrogens is 172 g/mol. The van der Waals surface area contributed by atoms with E-state index in [0.717, 1.165) is 0 Å². The molecule has 0 spiro atoms. The first-order valence-electron chi connectivity index (χ1n) is 6.02. The Hall–Kier alpha value is -0.0800. The third kappa shape index (κ3) is 1.96. The van der Waals surface area contributed by atoms with Crippen molar-refractivity contribution in [3.63, 3.8) is 0 Å². The average molecular weight is 196 g/mol. The highest BCUT2D eigenvalue weighted by Gasteiger charge is 2.40. The lowest BCUT2D eigenvalue weighted by molar-refractivity contribution is 0.0224. The van der Waals surface area contributed by atoms with Crippen molar-refractivity contribution in [2.45, 2.75) is 57.5 Å². The molecule has 1 heterocycles. The van der Waals surface area contributed by atoms with Crippen LogP contribution in [-0.2, 0) is 0 Å². The fourth-order valence-electron chi connectivity index (χ4n) is 2.77. The zero-order valence-electron chi connectivity index (χ0n) is 9.90. The molecule has 1 N–H and O–H groups in total. The number of hydrogen-bond donors (Lipinski definition) is 1. The summed E-state index contributed by atoms with van der Waals surface area (Å²) in [6.45, 7) is 10.8. The summed E-state index contributed by atoms with van der Waals surface area (Å²) in [4.78, 5) is 2.72. The first-order chi connectivity index (χ1) is 6.52. The molecule has 2 heteroatoms. The summed E-state index contributed by atoms with van der Waals surface area (Å²) in [5, 5.41) is 3.63. The van der Waals surface area contributed by atoms with Crippen LogP contribution in [0.25, 0.3) is 0 Å². The Kier molecular flexibility index (Phi) is 2.61. The first-order valence-corrected chi connectivity index (χ1v) is 6.02. The molecule has 14 heavy (non-hydrogen) atoms. The van der Waals surface area contributed by atoms with Crippen molar-refractivity contribution in [3.05, 3.63) is 0 Å². The molecule has 2 aliphatic rings. The minimum absolute atomic E-state index is 0.301. The van der Waals surface area contributed by atoms with Crippen LogP contribution in [0.1, 0.15) is 46.5 Å². The van der Waals surface area contributed by atoms with Crippen molar-refractivity contribution >= 4 is 0 Å². The van der Waals surface area contributed by atoms with Crippen LogP contribution in [0, 0.1) is 0 Å². The van der Waals surface area contributed by atoms with E-state index in [2.05, 4.69) is 31.0 Å². The summed E-state index contributed by atoms with van der Waals surface area (Å²) < 4.78 is 0. The van der Waals surface area contributed by atoms with E-state index in [1.807, 2.05) is 0 Å². The van der Waals surface area contributed by atoms with Crippen molar-refractivity contribution in [1.82, 2.24) is 10.2 Å². The monoisotopic (exact) mass is 196 g/mol. The Morgan fingerprint density at radius 2 is 1.79 bits per heavy atom. The number of nitrogens with zero attached hydrogens (tertiary/aromatic N) is 1. The standard InChI is InChI=1S/C12H24N2/c1-11(2)10-14(9-5-8-13-11)12(3)6-4-7-12/h13H,4-10H2,1-3H3. The van der Waals surface area contributed by atoms with Gasteiger partial charge in [0.15, 0.2) is 0 Å². The van der Waals surface area contributed by atoms with Gasteiger partial charge in [-0.3, -0.25) is 4.90 Å². The summed E-state index contributed by atoms with van der Waals surface area (Å²) >= 11 is 0. The Balaban J connectivity index is 2.03. The van der Waals surface area contributed by atoms with E-state index in [4.69, 9.17) is 0 Å². The molecule has 0 atom stereocenters. The topological polar surface area (TPSA) is 15.3 Å². The van der Waals surface area contributed by atoms with Crippen LogP contribution in [0.5, 0.6) is 0 Å². The average Bonchev–Trinajstić information content (AvgIpc) is 2.22. The van der Waals surface area contributed by atoms with Crippen molar-refractivity contribution in [2.75, 3.05) is 19.6 Å². The molecule has 0 aromatic carbocycles. The maximum atomic E-state index is 3.63. The number of rotatable bonds is 1. The summed E-state index contributed by atoms with van der Waals surface area (Å²) in [7, 11) is 0. The second-order valence-electron chi connectivity index (χ2n) is 5.94. The minimum Gasteiger partial charge on any atom is -0.310 e. The van der Waals surface area contributed by atoms with Crippen LogP contribution in [0.4, 0.5) is 0 Å². The zero-order valence-corrected chi connectivity index (χ0v) is 9.90. The second-order valence-corrected chi connectivity index (χ2v) is 5.94. The Bertz CT molecular complexity index is 206. The maximum Gasteiger partial charge on any atom is 0.0252 e. The normalized spacial score (nSPS) is 31.9. The van der Waals surface area contributed by atoms with Crippen LogP contribution in [0.15, 0.2) is 0 Å². The van der Waals surface area contributed by atoms with E-state index < -0.39 is 0 Å². The van der Waals surface area contributed by atoms with Gasteiger partial charge in [0.25, 0.3) is 0 Å². The Morgan fingerprint density at radius 3 is 2.36 bits per heavy atom. The van der Waals surface area contributed by atoms with Crippen LogP contribution >= 0.6 is 0 Å². The largest absolute Gasteiger partial charge is 0.310 e. The molecule has 0 aromatic heterocycles. The first kappa shape index (κ1) is 10.4. The van der Waals surface area contributed by atoms with Gasteiger partial charge >= 0.3 is 0 Å². The van der Waals surface area contributed by atoms with Crippen molar-refractivity contribution in [1.29, 1.82) is 0 Å². The molecule has 1 aliphatic heterocycles. The van der Waals surface area contributed by atoms with Gasteiger partial charge in [0, 0.05) is 17.6 Å². The highest BCUT2D eigenvalue weighted by atomic mass is 15.2. The van der Waals surface area contributed by atoms with Gasteiger partial charge < -0.3 is 5.32 Å². The third-order valence-electron chi connectivity index (χ3n) is 3.99. The zero-order chi connectivity index (χ0) is 10.2. The van der Waals surface area contributed by atoms with Crippen LogP contribution < -0.4 is 5.32 Å². The molecule has 82 valence electrons. The van der Waals surface area contributed by atoms with E-state index in [-0.39, 0.29) is 0 Å². The van der Waals surface area contributed by atoms with E-state index >= 15 is 0 Å². The molecule has 1 saturated heterocycles. The molecule has 0 radical (unpaired) electrons. The molecular formula is C12H24N2. The van der Waals surface area contributed by atoms with Crippen molar-refractivity contribution in [3.8, 4) is 0 Å². The SMILES string of the molecule is CC1(C)CN(C2(C)CCC2)CCCN1. The molecule has 0 bridgehead atoms. The molecule has 0 unspecified atom stereocenters. The van der Waals surface area contributed by atoms with Crippen molar-refractivity contribution < 1.29 is 0 Å². The summed E-state index contributed by atoms with van der Waals surface area (Å²) in [5.74, 6) is 0. The van der Waals surface area contributed by atoms with Gasteiger partial charge in [-0.1, -0.05) is 0 Å². The quantitative estimate of drug-likeness (QED) is 0.690. The number of hydrogen-bond acceptors (Lipinski definition) is 2. The second kappa shape index (κ2) is 3.49. The summed E-state index contributed by atoms with van der Waals surface area (Å²) in [5.41, 5.74) is 0.832. The predicted molar refractivity (Wildman–Crippen MR) is 60.5 cm³/mol. The molecule has 1 aliphatic carbocycles. The van der Waals surface area contributed by atoms with E-state index in [1.165, 1.54) is 45.3 Å². The molecule has 2 nitrogen and oxygen atoms in total. The van der Waals surface area contributed by atoms with Gasteiger partial charge in [0.2, 0.25) is 0 Å². The molecule has 2 fully saturated rings. The highest BCUT2D eigenvalue weighted by Crippen LogP contribution is 2.38. The van der Waals surface area contributed by atoms with Gasteiger partial charge in [-0.05, 0) is 59.5 Å². The van der Waals surface area contributed by atoms with E-state index in [0.29, 0.717) is 11.1 Å². The number of nitrogens with one attached hydrogen (secondary N) is 1. The Morgan fingerprint density at radius 1 is 1.07 bits per heavy atom. The summed E-state index contributed by atoms with van der Waals surface area (Å²) in [6.07, 6.45) is 5.55. The van der Waals surface area contributed by atoms with Crippen molar-refractivity contribution in [2.24, 2.45) is 0 Å². The van der Waals surface area contributed by atoms with E-state index in [1.54, 1.807) is 0 Å². The predicted octanol–water partition coefficient (Wildman–Crippen LogP) is 2.00. The lowest BCUT2D eigenvalue weighted by Gasteiger charge is -2.49. The molecule has 0 amide bonds. The van der Waals surface area contributed by atoms with Gasteiger partial charge in [-0.2, -0.15) is 0 Å². The fourth-order valence-corrected chi connectivity index (χ4v) is 2.77. The molecule has 2 rings (SSSR count). The van der Waals surface area contributed by atoms with Gasteiger partial charge in [-0.25, -0.2) is 0 Å². The summed E-state index contributed by atoms with van der Waals surface area (Å²) in [6, 6.07) is 0. The van der Waals surface area contributed by atoms with E-state index in [9.17, 15) is 0 Å². The smallest absolute Gasteiger partial charge is 0.0252 e. The van der Waals surface area contributed by atoms with Crippen LogP contribution in [0.3, 0.4) is 0 Å². The highest BCUT2D eigenvalue weighted by molar-refractivity contribution is 4.98. The molecule has 1 saturated carbocycles. The van der Waals surface area contributed by atoms with Crippen LogP contribution in [-0.4, -0.2) is 35.6 Å². The lowest BCUT2D eigenvalue weighted by Crippen LogP contribution is -2.56. The minimum atomic E-state index is 0.301. The molecule has 0 aromatic rings. The van der Waals surface area contributed by atoms with Gasteiger partial charge in [0.1, 0.15) is 0 Å². The van der Waals surface area contributed by atoms with Crippen LogP contribution in [0.2, 0.25) is 0 Å². The Labute approximate surface area is 88.1 Å².